The fourth-order valence-corrected chi connectivity index (χ4v) is 5.42. The molecule has 0 radical (unpaired) electrons. The number of carbonyl (C=O) groups excluding carboxylic acids is 1. The number of aliphatic hydroxyl groups is 4. The molecule has 3 aliphatic rings. The predicted octanol–water partition coefficient (Wildman–Crippen LogP) is -0.299. The summed E-state index contributed by atoms with van der Waals surface area (Å²) in [7, 11) is 0. The van der Waals surface area contributed by atoms with E-state index in [0.717, 1.165) is 6.42 Å². The molecule has 4 N–H and O–H groups in total. The van der Waals surface area contributed by atoms with E-state index < -0.39 is 41.0 Å². The Balaban J connectivity index is 2.16. The second kappa shape index (κ2) is 3.64. The van der Waals surface area contributed by atoms with Crippen molar-refractivity contribution < 1.29 is 25.2 Å². The lowest BCUT2D eigenvalue weighted by Gasteiger charge is -2.55. The molecule has 3 fully saturated rings. The molecule has 5 heteroatoms. The van der Waals surface area contributed by atoms with Gasteiger partial charge >= 0.3 is 0 Å². The van der Waals surface area contributed by atoms with Gasteiger partial charge in [0.25, 0.3) is 0 Å². The lowest BCUT2D eigenvalue weighted by Crippen LogP contribution is -2.69. The van der Waals surface area contributed by atoms with Crippen LogP contribution in [0.5, 0.6) is 0 Å². The summed E-state index contributed by atoms with van der Waals surface area (Å²) in [5, 5.41) is 41.8. The average Bonchev–Trinajstić information content (AvgIpc) is 2.52. The fourth-order valence-electron chi connectivity index (χ4n) is 5.42. The van der Waals surface area contributed by atoms with Gasteiger partial charge in [0.1, 0.15) is 11.7 Å². The number of Topliss-reactive ketones (excluding diaryl/α,β-unsaturated/α-hetero) is 1. The molecule has 20 heavy (non-hydrogen) atoms. The van der Waals surface area contributed by atoms with Gasteiger partial charge in [-0.05, 0) is 30.6 Å². The molecule has 3 aliphatic carbocycles. The van der Waals surface area contributed by atoms with Crippen LogP contribution >= 0.6 is 0 Å². The molecule has 0 aromatic carbocycles. The van der Waals surface area contributed by atoms with Gasteiger partial charge in [0, 0.05) is 5.92 Å². The lowest BCUT2D eigenvalue weighted by molar-refractivity contribution is -0.222. The van der Waals surface area contributed by atoms with E-state index in [4.69, 9.17) is 0 Å². The third-order valence-electron chi connectivity index (χ3n) is 6.76. The van der Waals surface area contributed by atoms with Crippen molar-refractivity contribution in [2.75, 3.05) is 0 Å². The third-order valence-corrected chi connectivity index (χ3v) is 6.76. The zero-order chi connectivity index (χ0) is 15.2. The maximum atomic E-state index is 12.6. The minimum Gasteiger partial charge on any atom is -0.390 e. The van der Waals surface area contributed by atoms with Crippen molar-refractivity contribution in [3.05, 3.63) is 0 Å². The molecule has 3 rings (SSSR count). The molecule has 5 nitrogen and oxygen atoms in total. The summed E-state index contributed by atoms with van der Waals surface area (Å²) in [6.45, 7) is 7.27. The smallest absolute Gasteiger partial charge is 0.173 e. The van der Waals surface area contributed by atoms with Gasteiger partial charge in [-0.2, -0.15) is 0 Å². The molecule has 0 aromatic heterocycles. The Hall–Kier alpha value is -0.490. The first-order valence-electron chi connectivity index (χ1n) is 7.32. The average molecular weight is 284 g/mol. The summed E-state index contributed by atoms with van der Waals surface area (Å²) < 4.78 is 0. The fraction of sp³-hybridized carbons (Fsp3) is 0.933. The van der Waals surface area contributed by atoms with Gasteiger partial charge in [-0.3, -0.25) is 4.79 Å². The number of carbonyl (C=O) groups is 1. The van der Waals surface area contributed by atoms with Crippen molar-refractivity contribution >= 4 is 5.78 Å². The summed E-state index contributed by atoms with van der Waals surface area (Å²) in [6, 6.07) is 0. The zero-order valence-corrected chi connectivity index (χ0v) is 12.4. The zero-order valence-electron chi connectivity index (χ0n) is 12.4. The molecule has 3 saturated carbocycles. The van der Waals surface area contributed by atoms with E-state index in [-0.39, 0.29) is 17.3 Å². The molecule has 0 bridgehead atoms. The Morgan fingerprint density at radius 2 is 1.70 bits per heavy atom. The van der Waals surface area contributed by atoms with E-state index in [1.165, 1.54) is 0 Å². The molecule has 0 aromatic rings. The summed E-state index contributed by atoms with van der Waals surface area (Å²) >= 11 is 0. The molecule has 0 saturated heterocycles. The van der Waals surface area contributed by atoms with Gasteiger partial charge in [0.05, 0.1) is 17.6 Å². The first-order chi connectivity index (χ1) is 9.01. The number of aliphatic hydroxyl groups excluding tert-OH is 3. The van der Waals surface area contributed by atoms with Crippen LogP contribution in [0.15, 0.2) is 0 Å². The lowest BCUT2D eigenvalue weighted by atomic mass is 9.49. The highest BCUT2D eigenvalue weighted by Gasteiger charge is 2.80. The number of rotatable bonds is 0. The first-order valence-corrected chi connectivity index (χ1v) is 7.32. The van der Waals surface area contributed by atoms with Crippen LogP contribution in [0, 0.1) is 28.6 Å². The van der Waals surface area contributed by atoms with Gasteiger partial charge in [-0.25, -0.2) is 0 Å². The number of hydrogen-bond acceptors (Lipinski definition) is 5. The molecular weight excluding hydrogens is 260 g/mol. The van der Waals surface area contributed by atoms with E-state index in [1.807, 2.05) is 13.8 Å². The Bertz CT molecular complexity index is 475. The molecule has 8 atom stereocenters. The van der Waals surface area contributed by atoms with Gasteiger partial charge in [0.15, 0.2) is 5.78 Å². The monoisotopic (exact) mass is 284 g/mol. The van der Waals surface area contributed by atoms with Crippen LogP contribution in [0.2, 0.25) is 0 Å². The minimum absolute atomic E-state index is 0.143. The van der Waals surface area contributed by atoms with E-state index in [1.54, 1.807) is 13.8 Å². The molecule has 8 unspecified atom stereocenters. The Morgan fingerprint density at radius 1 is 1.15 bits per heavy atom. The number of fused-ring (bicyclic) bond motifs is 3. The largest absolute Gasteiger partial charge is 0.390 e. The topological polar surface area (TPSA) is 98.0 Å². The van der Waals surface area contributed by atoms with Crippen LogP contribution in [0.25, 0.3) is 0 Å². The van der Waals surface area contributed by atoms with Crippen molar-refractivity contribution in [1.29, 1.82) is 0 Å². The predicted molar refractivity (Wildman–Crippen MR) is 70.6 cm³/mol. The van der Waals surface area contributed by atoms with Gasteiger partial charge in [0.2, 0.25) is 0 Å². The van der Waals surface area contributed by atoms with Crippen LogP contribution in [0.4, 0.5) is 0 Å². The highest BCUT2D eigenvalue weighted by Crippen LogP contribution is 2.71. The Morgan fingerprint density at radius 3 is 2.20 bits per heavy atom. The molecule has 114 valence electrons. The van der Waals surface area contributed by atoms with Crippen molar-refractivity contribution in [2.24, 2.45) is 28.6 Å². The van der Waals surface area contributed by atoms with E-state index in [9.17, 15) is 25.2 Å². The molecular formula is C15H24O5. The van der Waals surface area contributed by atoms with Gasteiger partial charge in [-0.15, -0.1) is 0 Å². The summed E-state index contributed by atoms with van der Waals surface area (Å²) in [6.07, 6.45) is -3.14. The van der Waals surface area contributed by atoms with Crippen LogP contribution in [0.3, 0.4) is 0 Å². The van der Waals surface area contributed by atoms with Gasteiger partial charge < -0.3 is 20.4 Å². The third kappa shape index (κ3) is 1.18. The summed E-state index contributed by atoms with van der Waals surface area (Å²) in [5.74, 6) is -1.61. The van der Waals surface area contributed by atoms with Crippen LogP contribution in [0.1, 0.15) is 34.1 Å². The second-order valence-corrected chi connectivity index (χ2v) is 7.89. The second-order valence-electron chi connectivity index (χ2n) is 7.89. The molecule has 0 aliphatic heterocycles. The number of hydrogen-bond donors (Lipinski definition) is 4. The SMILES string of the molecule is CC1C(O)C(O)C(=O)C2(C)C3CC(C)(C)C3C(O)C12O. The normalized spacial score (nSPS) is 60.7. The van der Waals surface area contributed by atoms with Crippen LogP contribution < -0.4 is 0 Å². The highest BCUT2D eigenvalue weighted by atomic mass is 16.4. The van der Waals surface area contributed by atoms with Gasteiger partial charge in [-0.1, -0.05) is 20.8 Å². The molecule has 0 amide bonds. The van der Waals surface area contributed by atoms with Crippen molar-refractivity contribution in [3.63, 3.8) is 0 Å². The maximum Gasteiger partial charge on any atom is 0.173 e. The van der Waals surface area contributed by atoms with E-state index in [0.29, 0.717) is 0 Å². The maximum absolute atomic E-state index is 12.6. The molecule has 0 spiro atoms. The Kier molecular flexibility index (Phi) is 2.63. The quantitative estimate of drug-likeness (QED) is 0.490. The minimum atomic E-state index is -1.67. The summed E-state index contributed by atoms with van der Waals surface area (Å²) in [4.78, 5) is 12.6. The van der Waals surface area contributed by atoms with Crippen molar-refractivity contribution in [2.45, 2.75) is 58.0 Å². The van der Waals surface area contributed by atoms with Crippen molar-refractivity contribution in [1.82, 2.24) is 0 Å². The van der Waals surface area contributed by atoms with Crippen LogP contribution in [-0.2, 0) is 4.79 Å². The Labute approximate surface area is 118 Å². The summed E-state index contributed by atoms with van der Waals surface area (Å²) in [5.41, 5.74) is -3.01. The van der Waals surface area contributed by atoms with E-state index in [2.05, 4.69) is 0 Å². The standard InChI is InChI=1S/C15H24O5/c1-6-9(16)10(17)12(19)14(4)7-5-13(2,3)8(7)11(18)15(6,14)20/h6-11,16-18,20H,5H2,1-4H3. The van der Waals surface area contributed by atoms with Crippen molar-refractivity contribution in [3.8, 4) is 0 Å². The first kappa shape index (κ1) is 14.4. The highest BCUT2D eigenvalue weighted by molar-refractivity contribution is 5.92. The van der Waals surface area contributed by atoms with Crippen LogP contribution in [-0.4, -0.2) is 50.1 Å². The number of ketones is 1. The molecule has 0 heterocycles. The van der Waals surface area contributed by atoms with E-state index >= 15 is 0 Å².